The SMILES string of the molecule is C=C=CC(C)(C)SC. The molecule has 0 radical (unpaired) electrons. The second-order valence-corrected chi connectivity index (χ2v) is 3.62. The summed E-state index contributed by atoms with van der Waals surface area (Å²) in [5.41, 5.74) is 2.76. The van der Waals surface area contributed by atoms with Crippen molar-refractivity contribution in [2.45, 2.75) is 18.6 Å². The van der Waals surface area contributed by atoms with E-state index >= 15 is 0 Å². The molecule has 0 amide bonds. The van der Waals surface area contributed by atoms with Crippen molar-refractivity contribution >= 4 is 11.8 Å². The van der Waals surface area contributed by atoms with E-state index in [1.165, 1.54) is 0 Å². The summed E-state index contributed by atoms with van der Waals surface area (Å²) < 4.78 is 0.210. The van der Waals surface area contributed by atoms with Crippen LogP contribution >= 0.6 is 11.8 Å². The van der Waals surface area contributed by atoms with Crippen LogP contribution in [0.1, 0.15) is 13.8 Å². The molecule has 0 heterocycles. The zero-order valence-corrected chi connectivity index (χ0v) is 6.51. The molecule has 46 valence electrons. The average molecular weight is 128 g/mol. The first-order chi connectivity index (χ1) is 3.62. The van der Waals surface area contributed by atoms with Crippen molar-refractivity contribution < 1.29 is 0 Å². The molecule has 0 atom stereocenters. The molecule has 0 aliphatic heterocycles. The van der Waals surface area contributed by atoms with Gasteiger partial charge in [0.05, 0.1) is 0 Å². The van der Waals surface area contributed by atoms with Crippen LogP contribution in [0.4, 0.5) is 0 Å². The van der Waals surface area contributed by atoms with Gasteiger partial charge in [-0.2, -0.15) is 11.8 Å². The maximum atomic E-state index is 3.50. The van der Waals surface area contributed by atoms with Crippen LogP contribution in [-0.2, 0) is 0 Å². The van der Waals surface area contributed by atoms with E-state index in [1.54, 1.807) is 11.8 Å². The second-order valence-electron chi connectivity index (χ2n) is 2.16. The highest BCUT2D eigenvalue weighted by Crippen LogP contribution is 2.21. The third-order valence-electron chi connectivity index (χ3n) is 0.976. The number of hydrogen-bond donors (Lipinski definition) is 0. The van der Waals surface area contributed by atoms with E-state index in [2.05, 4.69) is 32.4 Å². The third kappa shape index (κ3) is 2.95. The lowest BCUT2D eigenvalue weighted by Gasteiger charge is -2.13. The highest BCUT2D eigenvalue weighted by atomic mass is 32.2. The van der Waals surface area contributed by atoms with Crippen LogP contribution in [0.15, 0.2) is 18.4 Å². The van der Waals surface area contributed by atoms with Gasteiger partial charge < -0.3 is 0 Å². The lowest BCUT2D eigenvalue weighted by Crippen LogP contribution is -2.07. The van der Waals surface area contributed by atoms with Gasteiger partial charge in [0.15, 0.2) is 0 Å². The molecule has 0 aromatic carbocycles. The summed E-state index contributed by atoms with van der Waals surface area (Å²) in [6.07, 6.45) is 4.05. The van der Waals surface area contributed by atoms with E-state index in [9.17, 15) is 0 Å². The van der Waals surface area contributed by atoms with Gasteiger partial charge in [-0.25, -0.2) is 0 Å². The van der Waals surface area contributed by atoms with Gasteiger partial charge in [0.25, 0.3) is 0 Å². The highest BCUT2D eigenvalue weighted by Gasteiger charge is 2.08. The molecule has 0 aromatic rings. The maximum absolute atomic E-state index is 3.50. The fourth-order valence-corrected chi connectivity index (χ4v) is 0.506. The molecule has 0 aromatic heterocycles. The Kier molecular flexibility index (Phi) is 2.96. The van der Waals surface area contributed by atoms with Crippen LogP contribution in [0.2, 0.25) is 0 Å². The Morgan fingerprint density at radius 3 is 2.25 bits per heavy atom. The van der Waals surface area contributed by atoms with Crippen molar-refractivity contribution in [2.75, 3.05) is 6.26 Å². The lowest BCUT2D eigenvalue weighted by atomic mass is 10.2. The standard InChI is InChI=1S/C7H12S/c1-5-6-7(2,3)8-4/h6H,1H2,2-4H3. The average Bonchev–Trinajstić information content (AvgIpc) is 1.67. The lowest BCUT2D eigenvalue weighted by molar-refractivity contribution is 0.904. The van der Waals surface area contributed by atoms with Gasteiger partial charge in [-0.3, -0.25) is 0 Å². The van der Waals surface area contributed by atoms with E-state index in [0.717, 1.165) is 0 Å². The van der Waals surface area contributed by atoms with E-state index in [1.807, 2.05) is 6.08 Å². The van der Waals surface area contributed by atoms with Crippen molar-refractivity contribution in [3.05, 3.63) is 18.4 Å². The minimum Gasteiger partial charge on any atom is -0.154 e. The van der Waals surface area contributed by atoms with Gasteiger partial charge in [0.1, 0.15) is 0 Å². The van der Waals surface area contributed by atoms with Gasteiger partial charge in [0.2, 0.25) is 0 Å². The van der Waals surface area contributed by atoms with E-state index in [4.69, 9.17) is 0 Å². The van der Waals surface area contributed by atoms with E-state index in [-0.39, 0.29) is 4.75 Å². The molecule has 0 aliphatic rings. The zero-order chi connectivity index (χ0) is 6.62. The molecule has 0 spiro atoms. The molecule has 0 fully saturated rings. The van der Waals surface area contributed by atoms with Crippen LogP contribution in [0.25, 0.3) is 0 Å². The highest BCUT2D eigenvalue weighted by molar-refractivity contribution is 8.00. The molecule has 0 rings (SSSR count). The zero-order valence-electron chi connectivity index (χ0n) is 5.69. The molecular formula is C7H12S. The largest absolute Gasteiger partial charge is 0.154 e. The van der Waals surface area contributed by atoms with E-state index < -0.39 is 0 Å². The summed E-state index contributed by atoms with van der Waals surface area (Å²) in [4.78, 5) is 0. The quantitative estimate of drug-likeness (QED) is 0.515. The monoisotopic (exact) mass is 128 g/mol. The van der Waals surface area contributed by atoms with Crippen molar-refractivity contribution in [2.24, 2.45) is 0 Å². The molecule has 0 bridgehead atoms. The van der Waals surface area contributed by atoms with Crippen LogP contribution < -0.4 is 0 Å². The fraction of sp³-hybridized carbons (Fsp3) is 0.571. The Labute approximate surface area is 55.7 Å². The second kappa shape index (κ2) is 3.01. The molecule has 0 unspecified atom stereocenters. The minimum absolute atomic E-state index is 0.210. The fourth-order valence-electron chi connectivity index (χ4n) is 0.305. The Morgan fingerprint density at radius 1 is 1.62 bits per heavy atom. The number of thioether (sulfide) groups is 1. The van der Waals surface area contributed by atoms with Gasteiger partial charge in [0, 0.05) is 4.75 Å². The van der Waals surface area contributed by atoms with Crippen molar-refractivity contribution in [1.29, 1.82) is 0 Å². The maximum Gasteiger partial charge on any atom is 0.0353 e. The predicted molar refractivity (Wildman–Crippen MR) is 41.3 cm³/mol. The molecule has 0 saturated carbocycles. The molecule has 1 heteroatoms. The first kappa shape index (κ1) is 7.87. The summed E-state index contributed by atoms with van der Waals surface area (Å²) in [6, 6.07) is 0. The van der Waals surface area contributed by atoms with Crippen molar-refractivity contribution in [3.8, 4) is 0 Å². The Balaban J connectivity index is 3.90. The molecule has 8 heavy (non-hydrogen) atoms. The van der Waals surface area contributed by atoms with Crippen molar-refractivity contribution in [1.82, 2.24) is 0 Å². The topological polar surface area (TPSA) is 0 Å². The summed E-state index contributed by atoms with van der Waals surface area (Å²) in [7, 11) is 0. The van der Waals surface area contributed by atoms with Crippen molar-refractivity contribution in [3.63, 3.8) is 0 Å². The molecule has 0 nitrogen and oxygen atoms in total. The summed E-state index contributed by atoms with van der Waals surface area (Å²) >= 11 is 1.79. The van der Waals surface area contributed by atoms with Crippen LogP contribution in [0.5, 0.6) is 0 Å². The van der Waals surface area contributed by atoms with Crippen LogP contribution in [0, 0.1) is 0 Å². The summed E-state index contributed by atoms with van der Waals surface area (Å²) in [5.74, 6) is 0. The first-order valence-electron chi connectivity index (χ1n) is 2.54. The third-order valence-corrected chi connectivity index (χ3v) is 2.15. The van der Waals surface area contributed by atoms with Gasteiger partial charge in [-0.1, -0.05) is 6.58 Å². The number of hydrogen-bond acceptors (Lipinski definition) is 1. The van der Waals surface area contributed by atoms with Gasteiger partial charge >= 0.3 is 0 Å². The number of rotatable bonds is 2. The smallest absolute Gasteiger partial charge is 0.0353 e. The Morgan fingerprint density at radius 2 is 2.12 bits per heavy atom. The normalized spacial score (nSPS) is 10.4. The molecule has 0 N–H and O–H groups in total. The summed E-state index contributed by atoms with van der Waals surface area (Å²) in [5, 5.41) is 0. The van der Waals surface area contributed by atoms with Gasteiger partial charge in [-0.05, 0) is 26.2 Å². The van der Waals surface area contributed by atoms with E-state index in [0.29, 0.717) is 0 Å². The predicted octanol–water partition coefficient (Wildman–Crippen LogP) is 2.47. The Bertz CT molecular complexity index is 108. The Hall–Kier alpha value is -0.130. The summed E-state index contributed by atoms with van der Waals surface area (Å²) in [6.45, 7) is 7.77. The molecular weight excluding hydrogens is 116 g/mol. The van der Waals surface area contributed by atoms with Crippen LogP contribution in [0.3, 0.4) is 0 Å². The minimum atomic E-state index is 0.210. The molecule has 0 saturated heterocycles. The van der Waals surface area contributed by atoms with Gasteiger partial charge in [-0.15, -0.1) is 5.73 Å². The van der Waals surface area contributed by atoms with Crippen LogP contribution in [-0.4, -0.2) is 11.0 Å². The first-order valence-corrected chi connectivity index (χ1v) is 3.77. The molecule has 0 aliphatic carbocycles.